The maximum atomic E-state index is 12.0. The second kappa shape index (κ2) is 5.17. The second-order valence-electron chi connectivity index (χ2n) is 5.67. The van der Waals surface area contributed by atoms with Crippen molar-refractivity contribution in [1.29, 1.82) is 0 Å². The first kappa shape index (κ1) is 13.5. The number of carbonyl (C=O) groups excluding carboxylic acids is 1. The summed E-state index contributed by atoms with van der Waals surface area (Å²) in [6.07, 6.45) is 1.18. The van der Waals surface area contributed by atoms with Gasteiger partial charge in [-0.1, -0.05) is 20.8 Å². The third-order valence-electron chi connectivity index (χ3n) is 3.94. The van der Waals surface area contributed by atoms with Crippen molar-refractivity contribution < 1.29 is 4.79 Å². The van der Waals surface area contributed by atoms with Gasteiger partial charge in [-0.15, -0.1) is 0 Å². The van der Waals surface area contributed by atoms with Crippen LogP contribution in [0.3, 0.4) is 0 Å². The number of likely N-dealkylation sites (tertiary alicyclic amines) is 1. The van der Waals surface area contributed by atoms with Crippen molar-refractivity contribution in [2.45, 2.75) is 46.2 Å². The molecule has 3 unspecified atom stereocenters. The highest BCUT2D eigenvalue weighted by Gasteiger charge is 2.33. The summed E-state index contributed by atoms with van der Waals surface area (Å²) in [5, 5.41) is 0. The molecule has 1 fully saturated rings. The van der Waals surface area contributed by atoms with Gasteiger partial charge in [-0.05, 0) is 26.3 Å². The minimum Gasteiger partial charge on any atom is -0.341 e. The van der Waals surface area contributed by atoms with E-state index in [0.717, 1.165) is 6.54 Å². The summed E-state index contributed by atoms with van der Waals surface area (Å²) in [5.41, 5.74) is 0. The van der Waals surface area contributed by atoms with Crippen molar-refractivity contribution in [2.75, 3.05) is 20.6 Å². The average molecular weight is 226 g/mol. The van der Waals surface area contributed by atoms with Gasteiger partial charge in [-0.3, -0.25) is 4.79 Å². The first-order chi connectivity index (χ1) is 7.34. The fourth-order valence-electron chi connectivity index (χ4n) is 2.60. The van der Waals surface area contributed by atoms with E-state index < -0.39 is 0 Å². The van der Waals surface area contributed by atoms with E-state index in [1.54, 1.807) is 0 Å². The first-order valence-electron chi connectivity index (χ1n) is 6.31. The molecule has 3 heteroatoms. The number of amides is 1. The Morgan fingerprint density at radius 3 is 2.44 bits per heavy atom. The number of nitrogens with zero attached hydrogens (tertiary/aromatic N) is 2. The van der Waals surface area contributed by atoms with E-state index in [1.165, 1.54) is 6.42 Å². The average Bonchev–Trinajstić information content (AvgIpc) is 2.21. The van der Waals surface area contributed by atoms with Gasteiger partial charge in [0.1, 0.15) is 0 Å². The monoisotopic (exact) mass is 226 g/mol. The van der Waals surface area contributed by atoms with Crippen LogP contribution >= 0.6 is 0 Å². The molecule has 0 bridgehead atoms. The molecule has 1 aliphatic rings. The van der Waals surface area contributed by atoms with Crippen LogP contribution in [0.15, 0.2) is 0 Å². The van der Waals surface area contributed by atoms with Crippen molar-refractivity contribution >= 4 is 5.91 Å². The third-order valence-corrected chi connectivity index (χ3v) is 3.94. The van der Waals surface area contributed by atoms with Crippen LogP contribution in [0.4, 0.5) is 0 Å². The lowest BCUT2D eigenvalue weighted by Gasteiger charge is -2.44. The Morgan fingerprint density at radius 2 is 1.94 bits per heavy atom. The van der Waals surface area contributed by atoms with Crippen LogP contribution in [0.25, 0.3) is 0 Å². The number of hydrogen-bond acceptors (Lipinski definition) is 2. The molecule has 0 aromatic carbocycles. The summed E-state index contributed by atoms with van der Waals surface area (Å²) in [7, 11) is 4.10. The SMILES string of the molecule is CC(C)C(=O)N(C)C1CN(C)C(C)CC1C. The Kier molecular flexibility index (Phi) is 4.36. The topological polar surface area (TPSA) is 23.6 Å². The molecule has 1 aliphatic heterocycles. The van der Waals surface area contributed by atoms with Crippen molar-refractivity contribution in [3.63, 3.8) is 0 Å². The van der Waals surface area contributed by atoms with Crippen LogP contribution in [-0.2, 0) is 4.79 Å². The van der Waals surface area contributed by atoms with E-state index in [2.05, 4.69) is 25.8 Å². The summed E-state index contributed by atoms with van der Waals surface area (Å²) >= 11 is 0. The highest BCUT2D eigenvalue weighted by molar-refractivity contribution is 5.78. The zero-order valence-electron chi connectivity index (χ0n) is 11.5. The molecule has 3 atom stereocenters. The number of rotatable bonds is 2. The van der Waals surface area contributed by atoms with Crippen LogP contribution in [0.1, 0.15) is 34.1 Å². The van der Waals surface area contributed by atoms with Gasteiger partial charge in [0.05, 0.1) is 0 Å². The molecular formula is C13H26N2O. The summed E-state index contributed by atoms with van der Waals surface area (Å²) in [6.45, 7) is 9.46. The molecule has 1 rings (SSSR count). The number of likely N-dealkylation sites (N-methyl/N-ethyl adjacent to an activating group) is 2. The first-order valence-corrected chi connectivity index (χ1v) is 6.31. The number of carbonyl (C=O) groups is 1. The second-order valence-corrected chi connectivity index (χ2v) is 5.67. The Bertz CT molecular complexity index is 252. The molecule has 16 heavy (non-hydrogen) atoms. The fourth-order valence-corrected chi connectivity index (χ4v) is 2.60. The Hall–Kier alpha value is -0.570. The molecule has 0 radical (unpaired) electrons. The molecule has 0 saturated carbocycles. The normalized spacial score (nSPS) is 31.8. The summed E-state index contributed by atoms with van der Waals surface area (Å²) in [5.74, 6) is 0.959. The molecule has 0 aliphatic carbocycles. The number of hydrogen-bond donors (Lipinski definition) is 0. The smallest absolute Gasteiger partial charge is 0.225 e. The van der Waals surface area contributed by atoms with Gasteiger partial charge in [0.15, 0.2) is 0 Å². The lowest BCUT2D eigenvalue weighted by molar-refractivity contribution is -0.137. The van der Waals surface area contributed by atoms with Gasteiger partial charge in [0.2, 0.25) is 5.91 Å². The summed E-state index contributed by atoms with van der Waals surface area (Å²) < 4.78 is 0. The van der Waals surface area contributed by atoms with Crippen LogP contribution in [0.5, 0.6) is 0 Å². The van der Waals surface area contributed by atoms with Crippen LogP contribution in [0.2, 0.25) is 0 Å². The Labute approximate surface area is 99.8 Å². The zero-order valence-corrected chi connectivity index (χ0v) is 11.5. The molecule has 0 aromatic rings. The van der Waals surface area contributed by atoms with E-state index in [0.29, 0.717) is 18.0 Å². The molecule has 94 valence electrons. The van der Waals surface area contributed by atoms with Gasteiger partial charge >= 0.3 is 0 Å². The molecule has 0 N–H and O–H groups in total. The van der Waals surface area contributed by atoms with E-state index in [1.807, 2.05) is 25.8 Å². The minimum atomic E-state index is 0.0989. The zero-order chi connectivity index (χ0) is 12.5. The molecular weight excluding hydrogens is 200 g/mol. The Balaban J connectivity index is 2.69. The van der Waals surface area contributed by atoms with E-state index in [4.69, 9.17) is 0 Å². The number of piperidine rings is 1. The standard InChI is InChI=1S/C13H26N2O/c1-9(2)13(16)15(6)12-8-14(5)11(4)7-10(12)3/h9-12H,7-8H2,1-6H3. The van der Waals surface area contributed by atoms with Crippen molar-refractivity contribution in [1.82, 2.24) is 9.80 Å². The molecule has 0 spiro atoms. The lowest BCUT2D eigenvalue weighted by Crippen LogP contribution is -2.54. The van der Waals surface area contributed by atoms with Crippen molar-refractivity contribution in [3.8, 4) is 0 Å². The third kappa shape index (κ3) is 2.76. The van der Waals surface area contributed by atoms with Crippen LogP contribution < -0.4 is 0 Å². The maximum Gasteiger partial charge on any atom is 0.225 e. The maximum absolute atomic E-state index is 12.0. The van der Waals surface area contributed by atoms with E-state index >= 15 is 0 Å². The van der Waals surface area contributed by atoms with Gasteiger partial charge in [-0.2, -0.15) is 0 Å². The molecule has 1 heterocycles. The van der Waals surface area contributed by atoms with Gasteiger partial charge < -0.3 is 9.80 Å². The van der Waals surface area contributed by atoms with E-state index in [-0.39, 0.29) is 11.8 Å². The van der Waals surface area contributed by atoms with E-state index in [9.17, 15) is 4.79 Å². The van der Waals surface area contributed by atoms with Crippen molar-refractivity contribution in [2.24, 2.45) is 11.8 Å². The van der Waals surface area contributed by atoms with Gasteiger partial charge in [0, 0.05) is 31.6 Å². The highest BCUT2D eigenvalue weighted by Crippen LogP contribution is 2.25. The summed E-state index contributed by atoms with van der Waals surface area (Å²) in [4.78, 5) is 16.3. The largest absolute Gasteiger partial charge is 0.341 e. The molecule has 1 saturated heterocycles. The summed E-state index contributed by atoms with van der Waals surface area (Å²) in [6, 6.07) is 1.00. The lowest BCUT2D eigenvalue weighted by atomic mass is 9.88. The molecule has 3 nitrogen and oxygen atoms in total. The van der Waals surface area contributed by atoms with Crippen LogP contribution in [-0.4, -0.2) is 48.4 Å². The van der Waals surface area contributed by atoms with Crippen LogP contribution in [0, 0.1) is 11.8 Å². The fraction of sp³-hybridized carbons (Fsp3) is 0.923. The molecule has 1 amide bonds. The highest BCUT2D eigenvalue weighted by atomic mass is 16.2. The van der Waals surface area contributed by atoms with Crippen molar-refractivity contribution in [3.05, 3.63) is 0 Å². The molecule has 0 aromatic heterocycles. The minimum absolute atomic E-state index is 0.0989. The Morgan fingerprint density at radius 1 is 1.38 bits per heavy atom. The predicted octanol–water partition coefficient (Wildman–Crippen LogP) is 1.83. The van der Waals surface area contributed by atoms with Gasteiger partial charge in [-0.25, -0.2) is 0 Å². The quantitative estimate of drug-likeness (QED) is 0.717. The predicted molar refractivity (Wildman–Crippen MR) is 67.3 cm³/mol. The van der Waals surface area contributed by atoms with Gasteiger partial charge in [0.25, 0.3) is 0 Å².